The van der Waals surface area contributed by atoms with Crippen LogP contribution in [0.1, 0.15) is 111 Å². The highest BCUT2D eigenvalue weighted by molar-refractivity contribution is 5.91. The maximum Gasteiger partial charge on any atom is -0.000274 e. The Morgan fingerprint density at radius 1 is 0.300 bits per heavy atom. The van der Waals surface area contributed by atoms with Gasteiger partial charge in [0.2, 0.25) is 0 Å². The van der Waals surface area contributed by atoms with Crippen LogP contribution in [0.2, 0.25) is 0 Å². The van der Waals surface area contributed by atoms with E-state index in [2.05, 4.69) is 96.9 Å². The first-order valence-corrected chi connectivity index (χ1v) is 11.8. The quantitative estimate of drug-likeness (QED) is 0.415. The van der Waals surface area contributed by atoms with Crippen molar-refractivity contribution in [2.75, 3.05) is 0 Å². The smallest absolute Gasteiger partial charge is 0.000274 e. The molecule has 2 aromatic carbocycles. The van der Waals surface area contributed by atoms with Crippen molar-refractivity contribution in [3.63, 3.8) is 0 Å². The molecule has 2 aliphatic rings. The van der Waals surface area contributed by atoms with Crippen LogP contribution in [0.15, 0.2) is 0 Å². The molecule has 0 nitrogen and oxygen atoms in total. The molecule has 0 unspecified atom stereocenters. The van der Waals surface area contributed by atoms with E-state index in [1.807, 2.05) is 0 Å². The summed E-state index contributed by atoms with van der Waals surface area (Å²) in [5, 5.41) is 0. The average Bonchev–Trinajstić information content (AvgIpc) is 2.60. The first kappa shape index (κ1) is 21.7. The number of hydrogen-bond acceptors (Lipinski definition) is 0. The van der Waals surface area contributed by atoms with Gasteiger partial charge in [0, 0.05) is 0 Å². The van der Waals surface area contributed by atoms with Gasteiger partial charge in [0.1, 0.15) is 0 Å². The molecule has 0 heteroatoms. The third-order valence-electron chi connectivity index (χ3n) is 10.6. The zero-order valence-corrected chi connectivity index (χ0v) is 22.0. The second kappa shape index (κ2) is 5.62. The molecule has 0 aliphatic heterocycles. The van der Waals surface area contributed by atoms with Crippen LogP contribution in [-0.2, 0) is 21.7 Å². The highest BCUT2D eigenvalue weighted by Gasteiger charge is 2.56. The van der Waals surface area contributed by atoms with E-state index in [1.165, 1.54) is 33.4 Å². The van der Waals surface area contributed by atoms with Gasteiger partial charge < -0.3 is 0 Å². The molecule has 0 aromatic heterocycles. The summed E-state index contributed by atoms with van der Waals surface area (Å²) in [6.45, 7) is 34.2. The molecule has 0 N–H and O–H groups in total. The molecule has 0 amide bonds. The topological polar surface area (TPSA) is 0 Å². The normalized spacial score (nSPS) is 21.4. The molecule has 2 aliphatic carbocycles. The maximum atomic E-state index is 2.49. The lowest BCUT2D eigenvalue weighted by molar-refractivity contribution is 0.272. The maximum absolute atomic E-state index is 2.49. The van der Waals surface area contributed by atoms with E-state index in [-0.39, 0.29) is 21.7 Å². The van der Waals surface area contributed by atoms with Crippen LogP contribution in [-0.4, -0.2) is 0 Å². The fourth-order valence-electron chi connectivity index (χ4n) is 7.19. The Labute approximate surface area is 185 Å². The van der Waals surface area contributed by atoms with E-state index in [0.29, 0.717) is 0 Å². The van der Waals surface area contributed by atoms with Crippen molar-refractivity contribution in [2.45, 2.75) is 119 Å². The second-order valence-corrected chi connectivity index (χ2v) is 12.5. The Kier molecular flexibility index (Phi) is 4.06. The first-order chi connectivity index (χ1) is 13.5. The molecule has 0 bridgehead atoms. The third kappa shape index (κ3) is 2.00. The van der Waals surface area contributed by atoms with Crippen molar-refractivity contribution < 1.29 is 0 Å². The standard InChI is InChI=1S/C30H42/c1-15-17(3)23-21-22-25(29(11,12)27(23,7)8)19(5)16(2)20(6)26(22)30(13,14)28(9,10)24(21)18(15)4/h1-14H3. The van der Waals surface area contributed by atoms with Crippen molar-refractivity contribution in [1.29, 1.82) is 0 Å². The van der Waals surface area contributed by atoms with Gasteiger partial charge in [-0.05, 0) is 130 Å². The highest BCUT2D eigenvalue weighted by Crippen LogP contribution is 2.66. The van der Waals surface area contributed by atoms with E-state index in [0.717, 1.165) is 0 Å². The minimum absolute atomic E-state index is 0.0634. The van der Waals surface area contributed by atoms with Crippen LogP contribution in [0.5, 0.6) is 0 Å². The average molecular weight is 403 g/mol. The van der Waals surface area contributed by atoms with Crippen LogP contribution in [0, 0.1) is 41.5 Å². The molecule has 30 heavy (non-hydrogen) atoms. The fraction of sp³-hybridized carbons (Fsp3) is 0.600. The highest BCUT2D eigenvalue weighted by atomic mass is 14.6. The van der Waals surface area contributed by atoms with E-state index < -0.39 is 0 Å². The fourth-order valence-corrected chi connectivity index (χ4v) is 7.19. The second-order valence-electron chi connectivity index (χ2n) is 12.5. The lowest BCUT2D eigenvalue weighted by atomic mass is 9.45. The van der Waals surface area contributed by atoms with Gasteiger partial charge in [0.25, 0.3) is 0 Å². The van der Waals surface area contributed by atoms with Crippen LogP contribution in [0.25, 0.3) is 11.1 Å². The Hall–Kier alpha value is -1.56. The predicted molar refractivity (Wildman–Crippen MR) is 132 cm³/mol. The summed E-state index contributed by atoms with van der Waals surface area (Å²) in [6, 6.07) is 0. The molecule has 2 aromatic rings. The van der Waals surface area contributed by atoms with E-state index in [1.54, 1.807) is 33.4 Å². The van der Waals surface area contributed by atoms with Gasteiger partial charge in [-0.3, -0.25) is 0 Å². The Morgan fingerprint density at radius 3 is 0.633 bits per heavy atom. The summed E-state index contributed by atoms with van der Waals surface area (Å²) in [6.07, 6.45) is 0. The number of benzene rings is 2. The molecule has 0 radical (unpaired) electrons. The summed E-state index contributed by atoms with van der Waals surface area (Å²) in [5.41, 5.74) is 18.8. The molecular formula is C30H42. The predicted octanol–water partition coefficient (Wildman–Crippen LogP) is 8.34. The zero-order chi connectivity index (χ0) is 22.9. The monoisotopic (exact) mass is 402 g/mol. The van der Waals surface area contributed by atoms with Crippen LogP contribution < -0.4 is 0 Å². The first-order valence-electron chi connectivity index (χ1n) is 11.8. The van der Waals surface area contributed by atoms with Crippen LogP contribution in [0.3, 0.4) is 0 Å². The molecule has 0 fully saturated rings. The van der Waals surface area contributed by atoms with Crippen LogP contribution >= 0.6 is 0 Å². The van der Waals surface area contributed by atoms with Crippen molar-refractivity contribution >= 4 is 0 Å². The van der Waals surface area contributed by atoms with Gasteiger partial charge in [0.15, 0.2) is 0 Å². The molecular weight excluding hydrogens is 360 g/mol. The Morgan fingerprint density at radius 2 is 0.467 bits per heavy atom. The van der Waals surface area contributed by atoms with E-state index in [4.69, 9.17) is 0 Å². The molecule has 0 saturated heterocycles. The minimum atomic E-state index is 0.0634. The van der Waals surface area contributed by atoms with Gasteiger partial charge >= 0.3 is 0 Å². The molecule has 0 saturated carbocycles. The van der Waals surface area contributed by atoms with E-state index >= 15 is 0 Å². The van der Waals surface area contributed by atoms with Gasteiger partial charge in [-0.15, -0.1) is 0 Å². The van der Waals surface area contributed by atoms with Gasteiger partial charge in [-0.2, -0.15) is 0 Å². The number of rotatable bonds is 0. The summed E-state index contributed by atoms with van der Waals surface area (Å²) < 4.78 is 0. The summed E-state index contributed by atoms with van der Waals surface area (Å²) in [7, 11) is 0. The molecule has 0 atom stereocenters. The van der Waals surface area contributed by atoms with Gasteiger partial charge in [-0.1, -0.05) is 55.4 Å². The largest absolute Gasteiger partial charge is 0.0549 e. The zero-order valence-electron chi connectivity index (χ0n) is 22.0. The lowest BCUT2D eigenvalue weighted by Crippen LogP contribution is -2.51. The van der Waals surface area contributed by atoms with Crippen molar-refractivity contribution in [3.8, 4) is 11.1 Å². The lowest BCUT2D eigenvalue weighted by Gasteiger charge is -2.58. The van der Waals surface area contributed by atoms with Crippen LogP contribution in [0.4, 0.5) is 0 Å². The molecule has 0 heterocycles. The molecule has 162 valence electrons. The van der Waals surface area contributed by atoms with Crippen molar-refractivity contribution in [2.24, 2.45) is 0 Å². The van der Waals surface area contributed by atoms with Gasteiger partial charge in [-0.25, -0.2) is 0 Å². The van der Waals surface area contributed by atoms with Gasteiger partial charge in [0.05, 0.1) is 0 Å². The van der Waals surface area contributed by atoms with Crippen molar-refractivity contribution in [3.05, 3.63) is 55.6 Å². The Balaban J connectivity index is 2.46. The number of hydrogen-bond donors (Lipinski definition) is 0. The summed E-state index contributed by atoms with van der Waals surface area (Å²) in [5.74, 6) is 0. The summed E-state index contributed by atoms with van der Waals surface area (Å²) in [4.78, 5) is 0. The Bertz CT molecular complexity index is 956. The van der Waals surface area contributed by atoms with Crippen molar-refractivity contribution in [1.82, 2.24) is 0 Å². The minimum Gasteiger partial charge on any atom is -0.0549 e. The SMILES string of the molecule is Cc1c(C)c2c3c(c1C)C(C)(C)C(C)(C)c1c(C)c(C)c(C)c(c1-3)C(C)(C)C2(C)C. The third-order valence-corrected chi connectivity index (χ3v) is 10.6. The summed E-state index contributed by atoms with van der Waals surface area (Å²) >= 11 is 0. The molecule has 0 spiro atoms. The molecule has 4 rings (SSSR count). The van der Waals surface area contributed by atoms with E-state index in [9.17, 15) is 0 Å².